The van der Waals surface area contributed by atoms with Crippen LogP contribution in [0.3, 0.4) is 0 Å². The predicted octanol–water partition coefficient (Wildman–Crippen LogP) is 3.22. The van der Waals surface area contributed by atoms with Crippen LogP contribution in [0.4, 0.5) is 0 Å². The summed E-state index contributed by atoms with van der Waals surface area (Å²) in [5.41, 5.74) is 1.55. The average molecular weight is 566 g/mol. The van der Waals surface area contributed by atoms with Gasteiger partial charge < -0.3 is 14.6 Å². The highest BCUT2D eigenvalue weighted by atomic mass is 127. The molecule has 2 amide bonds. The first-order valence-electron chi connectivity index (χ1n) is 9.47. The van der Waals surface area contributed by atoms with Crippen LogP contribution in [0.5, 0.6) is 11.5 Å². The van der Waals surface area contributed by atoms with Crippen molar-refractivity contribution in [2.24, 2.45) is 0 Å². The summed E-state index contributed by atoms with van der Waals surface area (Å²) in [6.45, 7) is 2.43. The van der Waals surface area contributed by atoms with Crippen LogP contribution in [0.1, 0.15) is 28.4 Å². The number of aromatic carboxylic acids is 1. The highest BCUT2D eigenvalue weighted by Gasteiger charge is 2.30. The highest BCUT2D eigenvalue weighted by Crippen LogP contribution is 2.35. The quantitative estimate of drug-likeness (QED) is 0.230. The SMILES string of the molecule is CCOc1cc(/C=C2\C(=O)NC(=S)N(C)C2=O)cc(I)c1OCc1ccc(C(=O)O)cc1. The van der Waals surface area contributed by atoms with Gasteiger partial charge in [-0.25, -0.2) is 4.79 Å². The molecule has 10 heteroatoms. The maximum atomic E-state index is 12.5. The van der Waals surface area contributed by atoms with Crippen molar-refractivity contribution in [1.82, 2.24) is 10.2 Å². The van der Waals surface area contributed by atoms with Crippen molar-refractivity contribution in [2.75, 3.05) is 13.7 Å². The van der Waals surface area contributed by atoms with Gasteiger partial charge in [0.05, 0.1) is 15.7 Å². The van der Waals surface area contributed by atoms with Crippen LogP contribution in [0, 0.1) is 3.57 Å². The predicted molar refractivity (Wildman–Crippen MR) is 130 cm³/mol. The third-order valence-corrected chi connectivity index (χ3v) is 5.71. The van der Waals surface area contributed by atoms with Crippen LogP contribution >= 0.6 is 34.8 Å². The second-order valence-electron chi connectivity index (χ2n) is 6.74. The third kappa shape index (κ3) is 5.25. The number of nitrogens with one attached hydrogen (secondary N) is 1. The molecule has 2 aromatic carbocycles. The lowest BCUT2D eigenvalue weighted by Gasteiger charge is -2.25. The Morgan fingerprint density at radius 2 is 1.91 bits per heavy atom. The van der Waals surface area contributed by atoms with Gasteiger partial charge in [-0.3, -0.25) is 19.8 Å². The summed E-state index contributed by atoms with van der Waals surface area (Å²) < 4.78 is 12.4. The fourth-order valence-corrected chi connectivity index (χ4v) is 3.84. The number of carboxylic acid groups (broad SMARTS) is 1. The molecule has 0 spiro atoms. The second-order valence-corrected chi connectivity index (χ2v) is 8.28. The third-order valence-electron chi connectivity index (χ3n) is 4.53. The van der Waals surface area contributed by atoms with Gasteiger partial charge in [0, 0.05) is 7.05 Å². The zero-order chi connectivity index (χ0) is 23.4. The molecule has 0 radical (unpaired) electrons. The Morgan fingerprint density at radius 1 is 1.22 bits per heavy atom. The molecule has 1 aliphatic heterocycles. The summed E-state index contributed by atoms with van der Waals surface area (Å²) in [6, 6.07) is 9.86. The van der Waals surface area contributed by atoms with Crippen LogP contribution < -0.4 is 14.8 Å². The highest BCUT2D eigenvalue weighted by molar-refractivity contribution is 14.1. The molecule has 0 unspecified atom stereocenters. The Labute approximate surface area is 203 Å². The van der Waals surface area contributed by atoms with E-state index in [1.54, 1.807) is 24.3 Å². The van der Waals surface area contributed by atoms with Crippen molar-refractivity contribution in [2.45, 2.75) is 13.5 Å². The molecule has 1 fully saturated rings. The Hall–Kier alpha value is -2.99. The number of benzene rings is 2. The molecule has 0 bridgehead atoms. The first kappa shape index (κ1) is 23.7. The molecule has 0 aromatic heterocycles. The molecule has 32 heavy (non-hydrogen) atoms. The number of likely N-dealkylation sites (N-methyl/N-ethyl adjacent to an activating group) is 1. The fraction of sp³-hybridized carbons (Fsp3) is 0.182. The average Bonchev–Trinajstić information content (AvgIpc) is 2.75. The minimum atomic E-state index is -0.992. The number of hydrogen-bond donors (Lipinski definition) is 2. The molecule has 0 atom stereocenters. The van der Waals surface area contributed by atoms with Gasteiger partial charge in [-0.2, -0.15) is 0 Å². The molecular formula is C22H19IN2O6S. The molecule has 0 saturated carbocycles. The topological polar surface area (TPSA) is 105 Å². The largest absolute Gasteiger partial charge is 0.490 e. The number of ether oxygens (including phenoxy) is 2. The molecule has 8 nitrogen and oxygen atoms in total. The molecule has 1 heterocycles. The zero-order valence-electron chi connectivity index (χ0n) is 17.2. The minimum absolute atomic E-state index is 0.0356. The van der Waals surface area contributed by atoms with Crippen molar-refractivity contribution in [3.8, 4) is 11.5 Å². The molecule has 2 N–H and O–H groups in total. The number of carbonyl (C=O) groups excluding carboxylic acids is 2. The van der Waals surface area contributed by atoms with Gasteiger partial charge in [-0.1, -0.05) is 12.1 Å². The second kappa shape index (κ2) is 10.1. The smallest absolute Gasteiger partial charge is 0.335 e. The maximum Gasteiger partial charge on any atom is 0.335 e. The van der Waals surface area contributed by atoms with Gasteiger partial charge in [-0.15, -0.1) is 0 Å². The van der Waals surface area contributed by atoms with E-state index in [4.69, 9.17) is 26.8 Å². The number of halogens is 1. The van der Waals surface area contributed by atoms with E-state index in [1.807, 2.05) is 6.92 Å². The number of hydrogen-bond acceptors (Lipinski definition) is 6. The van der Waals surface area contributed by atoms with E-state index in [9.17, 15) is 14.4 Å². The number of nitrogens with zero attached hydrogens (tertiary/aromatic N) is 1. The minimum Gasteiger partial charge on any atom is -0.490 e. The van der Waals surface area contributed by atoms with Crippen LogP contribution in [0.15, 0.2) is 42.0 Å². The number of thiocarbonyl (C=S) groups is 1. The summed E-state index contributed by atoms with van der Waals surface area (Å²) >= 11 is 7.05. The standard InChI is InChI=1S/C22H19IN2O6S/c1-3-30-17-10-13(8-15-19(26)24-22(32)25(2)20(15)27)9-16(23)18(17)31-11-12-4-6-14(7-5-12)21(28)29/h4-10H,3,11H2,1-2H3,(H,28,29)(H,24,26,32)/b15-8+. The van der Waals surface area contributed by atoms with E-state index in [0.717, 1.165) is 9.13 Å². The molecule has 166 valence electrons. The van der Waals surface area contributed by atoms with Crippen molar-refractivity contribution < 1.29 is 29.0 Å². The fourth-order valence-electron chi connectivity index (χ4n) is 2.89. The molecular weight excluding hydrogens is 547 g/mol. The van der Waals surface area contributed by atoms with Crippen molar-refractivity contribution >= 4 is 63.8 Å². The first-order chi connectivity index (χ1) is 15.2. The normalized spacial score (nSPS) is 15.0. The Bertz CT molecular complexity index is 1130. The molecule has 2 aromatic rings. The zero-order valence-corrected chi connectivity index (χ0v) is 20.2. The summed E-state index contributed by atoms with van der Waals surface area (Å²) in [4.78, 5) is 36.9. The Kier molecular flexibility index (Phi) is 7.46. The van der Waals surface area contributed by atoms with Gasteiger partial charge in [0.2, 0.25) is 0 Å². The van der Waals surface area contributed by atoms with Crippen LogP contribution in [-0.4, -0.2) is 46.6 Å². The van der Waals surface area contributed by atoms with Crippen LogP contribution in [0.2, 0.25) is 0 Å². The van der Waals surface area contributed by atoms with E-state index in [2.05, 4.69) is 27.9 Å². The molecule has 0 aliphatic carbocycles. The first-order valence-corrected chi connectivity index (χ1v) is 11.0. The lowest BCUT2D eigenvalue weighted by Crippen LogP contribution is -2.52. The van der Waals surface area contributed by atoms with E-state index in [1.165, 1.54) is 30.2 Å². The van der Waals surface area contributed by atoms with Gasteiger partial charge >= 0.3 is 5.97 Å². The summed E-state index contributed by atoms with van der Waals surface area (Å²) in [7, 11) is 1.49. The monoisotopic (exact) mass is 566 g/mol. The lowest BCUT2D eigenvalue weighted by molar-refractivity contribution is -0.128. The summed E-state index contributed by atoms with van der Waals surface area (Å²) in [5.74, 6) is -1.07. The van der Waals surface area contributed by atoms with Crippen LogP contribution in [-0.2, 0) is 16.2 Å². The Balaban J connectivity index is 1.87. The van der Waals surface area contributed by atoms with E-state index >= 15 is 0 Å². The Morgan fingerprint density at radius 3 is 2.53 bits per heavy atom. The van der Waals surface area contributed by atoms with Crippen molar-refractivity contribution in [1.29, 1.82) is 0 Å². The number of rotatable bonds is 7. The molecule has 1 saturated heterocycles. The van der Waals surface area contributed by atoms with E-state index < -0.39 is 17.8 Å². The molecule has 1 aliphatic rings. The number of carboxylic acids is 1. The van der Waals surface area contributed by atoms with Gasteiger partial charge in [-0.05, 0) is 83.2 Å². The van der Waals surface area contributed by atoms with Gasteiger partial charge in [0.15, 0.2) is 16.6 Å². The number of amides is 2. The van der Waals surface area contributed by atoms with Crippen molar-refractivity contribution in [3.05, 3.63) is 62.2 Å². The number of carbonyl (C=O) groups is 3. The summed E-state index contributed by atoms with van der Waals surface area (Å²) in [5, 5.41) is 11.5. The van der Waals surface area contributed by atoms with Crippen molar-refractivity contribution in [3.63, 3.8) is 0 Å². The summed E-state index contributed by atoms with van der Waals surface area (Å²) in [6.07, 6.45) is 1.48. The van der Waals surface area contributed by atoms with Gasteiger partial charge in [0.1, 0.15) is 12.2 Å². The molecule has 3 rings (SSSR count). The van der Waals surface area contributed by atoms with Crippen LogP contribution in [0.25, 0.3) is 6.08 Å². The van der Waals surface area contributed by atoms with E-state index in [0.29, 0.717) is 23.7 Å². The lowest BCUT2D eigenvalue weighted by atomic mass is 10.1. The maximum absolute atomic E-state index is 12.5. The van der Waals surface area contributed by atoms with E-state index in [-0.39, 0.29) is 22.9 Å². The van der Waals surface area contributed by atoms with Gasteiger partial charge in [0.25, 0.3) is 11.8 Å².